The van der Waals surface area contributed by atoms with Gasteiger partial charge in [0, 0.05) is 29.3 Å². The van der Waals surface area contributed by atoms with Gasteiger partial charge in [0.25, 0.3) is 0 Å². The van der Waals surface area contributed by atoms with E-state index in [4.69, 9.17) is 9.47 Å². The van der Waals surface area contributed by atoms with Crippen LogP contribution in [0.2, 0.25) is 0 Å². The molecule has 0 aromatic heterocycles. The van der Waals surface area contributed by atoms with Crippen LogP contribution >= 0.6 is 0 Å². The highest BCUT2D eigenvalue weighted by molar-refractivity contribution is 5.89. The van der Waals surface area contributed by atoms with Crippen LogP contribution in [-0.2, 0) is 9.53 Å². The van der Waals surface area contributed by atoms with Crippen LogP contribution in [-0.4, -0.2) is 54.0 Å². The van der Waals surface area contributed by atoms with Gasteiger partial charge >= 0.3 is 6.03 Å². The maximum Gasteiger partial charge on any atom is 0.319 e. The number of nitrogens with one attached hydrogen (secondary N) is 3. The van der Waals surface area contributed by atoms with E-state index in [9.17, 15) is 14.7 Å². The van der Waals surface area contributed by atoms with Crippen molar-refractivity contribution in [2.75, 3.05) is 11.9 Å². The van der Waals surface area contributed by atoms with Crippen LogP contribution in [0.1, 0.15) is 82.1 Å². The quantitative estimate of drug-likeness (QED) is 0.507. The Bertz CT molecular complexity index is 881. The summed E-state index contributed by atoms with van der Waals surface area (Å²) < 4.78 is 12.2. The van der Waals surface area contributed by atoms with E-state index < -0.39 is 6.10 Å². The molecule has 2 aliphatic carbocycles. The van der Waals surface area contributed by atoms with E-state index in [1.807, 2.05) is 18.2 Å². The predicted octanol–water partition coefficient (Wildman–Crippen LogP) is 3.58. The topological polar surface area (TPSA) is 109 Å². The smallest absolute Gasteiger partial charge is 0.319 e. The number of hydrogen-bond acceptors (Lipinski definition) is 5. The van der Waals surface area contributed by atoms with Crippen LogP contribution in [0.4, 0.5) is 10.5 Å². The molecule has 4 aliphatic rings. The van der Waals surface area contributed by atoms with Crippen molar-refractivity contribution in [1.29, 1.82) is 0 Å². The Hall–Kier alpha value is -2.32. The van der Waals surface area contributed by atoms with E-state index in [1.165, 1.54) is 19.3 Å². The number of carbonyl (C=O) groups is 2. The zero-order chi connectivity index (χ0) is 23.5. The fraction of sp³-hybridized carbons (Fsp3) is 0.692. The molecular weight excluding hydrogens is 434 g/mol. The molecule has 2 heterocycles. The Labute approximate surface area is 201 Å². The molecule has 1 aromatic rings. The number of hydrogen-bond donors (Lipinski definition) is 4. The molecule has 5 rings (SSSR count). The van der Waals surface area contributed by atoms with Gasteiger partial charge in [-0.2, -0.15) is 0 Å². The Morgan fingerprint density at radius 2 is 1.68 bits per heavy atom. The number of benzene rings is 1. The largest absolute Gasteiger partial charge is 0.487 e. The van der Waals surface area contributed by atoms with Crippen molar-refractivity contribution >= 4 is 17.6 Å². The summed E-state index contributed by atoms with van der Waals surface area (Å²) in [6.07, 6.45) is 9.96. The minimum absolute atomic E-state index is 0.00772. The number of ether oxygens (including phenoxy) is 2. The van der Waals surface area contributed by atoms with Crippen molar-refractivity contribution < 1.29 is 24.2 Å². The molecular formula is C26H37N3O5. The van der Waals surface area contributed by atoms with Gasteiger partial charge in [-0.1, -0.05) is 32.1 Å². The van der Waals surface area contributed by atoms with Gasteiger partial charge in [-0.3, -0.25) is 4.79 Å². The van der Waals surface area contributed by atoms with Gasteiger partial charge in [0.05, 0.1) is 19.1 Å². The van der Waals surface area contributed by atoms with Crippen molar-refractivity contribution in [3.63, 3.8) is 0 Å². The highest BCUT2D eigenvalue weighted by atomic mass is 16.6. The zero-order valence-electron chi connectivity index (χ0n) is 19.8. The number of fused-ring (bicyclic) bond motifs is 3. The van der Waals surface area contributed by atoms with Crippen molar-refractivity contribution in [2.24, 2.45) is 0 Å². The standard InChI is InChI=1S/C26H37N3O5/c30-15-23-25-21(13-19(33-23)14-24(31)27-16-8-4-5-9-16)20-12-18(10-11-22(20)34-25)29-26(32)28-17-6-2-1-3-7-17/h10-12,16-17,19,21,23,25,30H,1-9,13-15H2,(H,27,31)(H2,28,29,32)/t19-,21-,23-,25+/m1/s1. The molecule has 0 radical (unpaired) electrons. The summed E-state index contributed by atoms with van der Waals surface area (Å²) in [5, 5.41) is 19.2. The minimum atomic E-state index is -0.485. The fourth-order valence-electron chi connectivity index (χ4n) is 6.13. The molecule has 0 spiro atoms. The lowest BCUT2D eigenvalue weighted by atomic mass is 9.84. The molecule has 8 nitrogen and oxygen atoms in total. The Kier molecular flexibility index (Phi) is 7.25. The summed E-state index contributed by atoms with van der Waals surface area (Å²) in [5.74, 6) is 0.778. The van der Waals surface area contributed by atoms with Gasteiger partial charge in [-0.25, -0.2) is 4.79 Å². The second-order valence-electron chi connectivity index (χ2n) is 10.3. The molecule has 2 aliphatic heterocycles. The number of carbonyl (C=O) groups excluding carboxylic acids is 2. The lowest BCUT2D eigenvalue weighted by Gasteiger charge is -2.37. The van der Waals surface area contributed by atoms with E-state index in [-0.39, 0.29) is 55.2 Å². The molecule has 3 fully saturated rings. The first-order chi connectivity index (χ1) is 16.6. The lowest BCUT2D eigenvalue weighted by Crippen LogP contribution is -2.47. The molecule has 4 N–H and O–H groups in total. The number of rotatable bonds is 6. The van der Waals surface area contributed by atoms with Crippen molar-refractivity contribution in [2.45, 2.75) is 107 Å². The van der Waals surface area contributed by atoms with Gasteiger partial charge in [0.15, 0.2) is 0 Å². The second kappa shape index (κ2) is 10.5. The molecule has 1 saturated heterocycles. The van der Waals surface area contributed by atoms with E-state index in [1.54, 1.807) is 0 Å². The van der Waals surface area contributed by atoms with Crippen LogP contribution in [0.3, 0.4) is 0 Å². The van der Waals surface area contributed by atoms with Crippen molar-refractivity contribution in [3.05, 3.63) is 23.8 Å². The third-order valence-corrected chi connectivity index (χ3v) is 7.83. The molecule has 1 aromatic carbocycles. The number of urea groups is 1. The molecule has 34 heavy (non-hydrogen) atoms. The van der Waals surface area contributed by atoms with Crippen LogP contribution in [0, 0.1) is 0 Å². The summed E-state index contributed by atoms with van der Waals surface area (Å²) in [7, 11) is 0. The summed E-state index contributed by atoms with van der Waals surface area (Å²) in [4.78, 5) is 25.1. The Morgan fingerprint density at radius 1 is 0.971 bits per heavy atom. The van der Waals surface area contributed by atoms with Gasteiger partial charge in [-0.15, -0.1) is 0 Å². The SMILES string of the molecule is O=C(C[C@H]1C[C@@H]2c3cc(NC(=O)NC4CCCCC4)ccc3O[C@@H]2[C@@H](CO)O1)NC1CCCC1. The molecule has 186 valence electrons. The van der Waals surface area contributed by atoms with Gasteiger partial charge < -0.3 is 30.5 Å². The maximum atomic E-state index is 12.6. The number of aliphatic hydroxyl groups is 1. The normalized spacial score (nSPS) is 29.1. The average molecular weight is 472 g/mol. The minimum Gasteiger partial charge on any atom is -0.487 e. The first-order valence-corrected chi connectivity index (χ1v) is 13.0. The molecule has 3 amide bonds. The second-order valence-corrected chi connectivity index (χ2v) is 10.3. The monoisotopic (exact) mass is 471 g/mol. The first kappa shape index (κ1) is 23.4. The highest BCUT2D eigenvalue weighted by Gasteiger charge is 2.46. The number of amides is 3. The average Bonchev–Trinajstić information content (AvgIpc) is 3.46. The lowest BCUT2D eigenvalue weighted by molar-refractivity contribution is -0.142. The van der Waals surface area contributed by atoms with Crippen molar-refractivity contribution in [3.8, 4) is 5.75 Å². The van der Waals surface area contributed by atoms with E-state index in [0.29, 0.717) is 6.42 Å². The third-order valence-electron chi connectivity index (χ3n) is 7.83. The maximum absolute atomic E-state index is 12.6. The van der Waals surface area contributed by atoms with E-state index in [2.05, 4.69) is 16.0 Å². The predicted molar refractivity (Wildman–Crippen MR) is 128 cm³/mol. The van der Waals surface area contributed by atoms with Gasteiger partial charge in [0.1, 0.15) is 18.0 Å². The highest BCUT2D eigenvalue weighted by Crippen LogP contribution is 2.47. The molecule has 0 unspecified atom stereocenters. The molecule has 4 atom stereocenters. The van der Waals surface area contributed by atoms with Crippen LogP contribution in [0.15, 0.2) is 18.2 Å². The molecule has 0 bridgehead atoms. The molecule has 8 heteroatoms. The Morgan fingerprint density at radius 3 is 2.41 bits per heavy atom. The van der Waals surface area contributed by atoms with E-state index >= 15 is 0 Å². The first-order valence-electron chi connectivity index (χ1n) is 13.0. The third kappa shape index (κ3) is 5.33. The summed E-state index contributed by atoms with van der Waals surface area (Å²) >= 11 is 0. The summed E-state index contributed by atoms with van der Waals surface area (Å²) in [6, 6.07) is 6.03. The Balaban J connectivity index is 1.23. The van der Waals surface area contributed by atoms with Crippen molar-refractivity contribution in [1.82, 2.24) is 10.6 Å². The number of aliphatic hydroxyl groups excluding tert-OH is 1. The van der Waals surface area contributed by atoms with Crippen LogP contribution < -0.4 is 20.7 Å². The van der Waals surface area contributed by atoms with Crippen LogP contribution in [0.5, 0.6) is 5.75 Å². The fourth-order valence-corrected chi connectivity index (χ4v) is 6.13. The molecule has 2 saturated carbocycles. The van der Waals surface area contributed by atoms with Gasteiger partial charge in [-0.05, 0) is 50.3 Å². The number of anilines is 1. The zero-order valence-corrected chi connectivity index (χ0v) is 19.8. The van der Waals surface area contributed by atoms with Gasteiger partial charge in [0.2, 0.25) is 5.91 Å². The summed E-state index contributed by atoms with van der Waals surface area (Å²) in [6.45, 7) is -0.162. The summed E-state index contributed by atoms with van der Waals surface area (Å²) in [5.41, 5.74) is 1.72. The van der Waals surface area contributed by atoms with Crippen LogP contribution in [0.25, 0.3) is 0 Å². The van der Waals surface area contributed by atoms with E-state index in [0.717, 1.165) is 55.5 Å².